The Hall–Kier alpha value is -0.890. The molecule has 1 aromatic rings. The van der Waals surface area contributed by atoms with Gasteiger partial charge in [0, 0.05) is 10.3 Å². The zero-order valence-corrected chi connectivity index (χ0v) is 8.75. The van der Waals surface area contributed by atoms with Crippen LogP contribution in [0, 0.1) is 5.92 Å². The molecule has 0 saturated carbocycles. The van der Waals surface area contributed by atoms with E-state index in [9.17, 15) is 4.21 Å². The first kappa shape index (κ1) is 10.2. The van der Waals surface area contributed by atoms with E-state index in [1.54, 1.807) is 5.41 Å². The maximum atomic E-state index is 11.6. The van der Waals surface area contributed by atoms with Crippen LogP contribution in [-0.2, 0) is 10.8 Å². The van der Waals surface area contributed by atoms with Crippen LogP contribution in [-0.4, -0.2) is 4.21 Å². The van der Waals surface area contributed by atoms with Gasteiger partial charge in [0.05, 0.1) is 10.8 Å². The number of allylic oxidation sites excluding steroid dienone is 1. The molecule has 0 aliphatic carbocycles. The molecule has 0 saturated heterocycles. The summed E-state index contributed by atoms with van der Waals surface area (Å²) in [6.45, 7) is 4.14. The monoisotopic (exact) mass is 194 g/mol. The van der Waals surface area contributed by atoms with E-state index < -0.39 is 10.8 Å². The molecule has 1 nitrogen and oxygen atoms in total. The van der Waals surface area contributed by atoms with Gasteiger partial charge in [-0.2, -0.15) is 0 Å². The number of hydrogen-bond acceptors (Lipinski definition) is 1. The molecule has 0 bridgehead atoms. The van der Waals surface area contributed by atoms with Gasteiger partial charge in [-0.3, -0.25) is 0 Å². The maximum Gasteiger partial charge on any atom is 0.0772 e. The minimum Gasteiger partial charge on any atom is -0.250 e. The summed E-state index contributed by atoms with van der Waals surface area (Å²) in [5.74, 6) is 0.452. The van der Waals surface area contributed by atoms with E-state index >= 15 is 0 Å². The molecule has 1 aromatic carbocycles. The first-order chi connectivity index (χ1) is 6.20. The van der Waals surface area contributed by atoms with E-state index in [0.29, 0.717) is 5.92 Å². The second kappa shape index (κ2) is 4.97. The Morgan fingerprint density at radius 1 is 1.23 bits per heavy atom. The largest absolute Gasteiger partial charge is 0.250 e. The lowest BCUT2D eigenvalue weighted by atomic mass is 10.2. The number of hydrogen-bond donors (Lipinski definition) is 0. The van der Waals surface area contributed by atoms with E-state index in [0.717, 1.165) is 4.90 Å². The molecule has 70 valence electrons. The minimum absolute atomic E-state index is 0.452. The van der Waals surface area contributed by atoms with Gasteiger partial charge in [0.25, 0.3) is 0 Å². The molecule has 0 amide bonds. The fraction of sp³-hybridized carbons (Fsp3) is 0.273. The van der Waals surface area contributed by atoms with Crippen LogP contribution < -0.4 is 0 Å². The molecule has 0 radical (unpaired) electrons. The van der Waals surface area contributed by atoms with Crippen molar-refractivity contribution < 1.29 is 4.21 Å². The molecule has 0 heterocycles. The Balaban J connectivity index is 2.70. The van der Waals surface area contributed by atoms with E-state index in [-0.39, 0.29) is 0 Å². The third kappa shape index (κ3) is 3.55. The summed E-state index contributed by atoms with van der Waals surface area (Å²) < 4.78 is 11.6. The fourth-order valence-corrected chi connectivity index (χ4v) is 1.90. The molecular weight excluding hydrogens is 180 g/mol. The smallest absolute Gasteiger partial charge is 0.0772 e. The zero-order chi connectivity index (χ0) is 9.68. The summed E-state index contributed by atoms with van der Waals surface area (Å²) in [6, 6.07) is 9.47. The SMILES string of the molecule is CC(C)C=CS(=O)c1ccccc1. The van der Waals surface area contributed by atoms with E-state index in [4.69, 9.17) is 0 Å². The first-order valence-corrected chi connectivity index (χ1v) is 5.55. The standard InChI is InChI=1S/C11H14OS/c1-10(2)8-9-13(12)11-6-4-3-5-7-11/h3-10H,1-2H3. The average Bonchev–Trinajstić information content (AvgIpc) is 2.15. The summed E-state index contributed by atoms with van der Waals surface area (Å²) in [6.07, 6.45) is 1.96. The highest BCUT2D eigenvalue weighted by molar-refractivity contribution is 7.88. The normalized spacial score (nSPS) is 13.8. The predicted molar refractivity (Wildman–Crippen MR) is 56.8 cm³/mol. The highest BCUT2D eigenvalue weighted by Crippen LogP contribution is 2.07. The number of benzene rings is 1. The molecule has 0 aliphatic rings. The average molecular weight is 194 g/mol. The van der Waals surface area contributed by atoms with Crippen LogP contribution in [0.4, 0.5) is 0 Å². The molecular formula is C11H14OS. The zero-order valence-electron chi connectivity index (χ0n) is 7.94. The van der Waals surface area contributed by atoms with Gasteiger partial charge in [-0.25, -0.2) is 4.21 Å². The van der Waals surface area contributed by atoms with Gasteiger partial charge in [0.1, 0.15) is 0 Å². The molecule has 1 unspecified atom stereocenters. The highest BCUT2D eigenvalue weighted by Gasteiger charge is 1.96. The second-order valence-electron chi connectivity index (χ2n) is 3.18. The molecule has 0 fully saturated rings. The third-order valence-electron chi connectivity index (χ3n) is 1.56. The highest BCUT2D eigenvalue weighted by atomic mass is 32.2. The van der Waals surface area contributed by atoms with Crippen LogP contribution in [0.15, 0.2) is 46.7 Å². The van der Waals surface area contributed by atoms with Crippen molar-refractivity contribution in [2.45, 2.75) is 18.7 Å². The first-order valence-electron chi connectivity index (χ1n) is 4.34. The van der Waals surface area contributed by atoms with Gasteiger partial charge >= 0.3 is 0 Å². The Bertz CT molecular complexity index is 301. The lowest BCUT2D eigenvalue weighted by Gasteiger charge is -1.96. The van der Waals surface area contributed by atoms with Crippen molar-refractivity contribution in [3.63, 3.8) is 0 Å². The molecule has 1 atom stereocenters. The van der Waals surface area contributed by atoms with Crippen molar-refractivity contribution in [2.24, 2.45) is 5.92 Å². The van der Waals surface area contributed by atoms with Gasteiger partial charge in [-0.1, -0.05) is 38.1 Å². The van der Waals surface area contributed by atoms with Crippen molar-refractivity contribution in [3.8, 4) is 0 Å². The van der Waals surface area contributed by atoms with Gasteiger partial charge in [-0.05, 0) is 18.1 Å². The molecule has 0 spiro atoms. The lowest BCUT2D eigenvalue weighted by Crippen LogP contribution is -1.86. The van der Waals surface area contributed by atoms with Crippen molar-refractivity contribution in [3.05, 3.63) is 41.8 Å². The van der Waals surface area contributed by atoms with Crippen LogP contribution in [0.1, 0.15) is 13.8 Å². The van der Waals surface area contributed by atoms with E-state index in [1.807, 2.05) is 36.4 Å². The Kier molecular flexibility index (Phi) is 3.90. The van der Waals surface area contributed by atoms with Gasteiger partial charge in [0.2, 0.25) is 0 Å². The Morgan fingerprint density at radius 3 is 2.38 bits per heavy atom. The molecule has 0 N–H and O–H groups in total. The van der Waals surface area contributed by atoms with Gasteiger partial charge in [-0.15, -0.1) is 0 Å². The fourth-order valence-electron chi connectivity index (χ4n) is 0.862. The van der Waals surface area contributed by atoms with E-state index in [2.05, 4.69) is 13.8 Å². The van der Waals surface area contributed by atoms with Crippen molar-refractivity contribution in [1.29, 1.82) is 0 Å². The van der Waals surface area contributed by atoms with Crippen LogP contribution in [0.25, 0.3) is 0 Å². The van der Waals surface area contributed by atoms with Gasteiger partial charge < -0.3 is 0 Å². The van der Waals surface area contributed by atoms with Crippen LogP contribution in [0.3, 0.4) is 0 Å². The molecule has 1 rings (SSSR count). The maximum absolute atomic E-state index is 11.6. The Labute approximate surface area is 81.9 Å². The summed E-state index contributed by atoms with van der Waals surface area (Å²) in [5.41, 5.74) is 0. The second-order valence-corrected chi connectivity index (χ2v) is 4.52. The van der Waals surface area contributed by atoms with Crippen LogP contribution in [0.5, 0.6) is 0 Å². The summed E-state index contributed by atoms with van der Waals surface area (Å²) in [7, 11) is -0.985. The Morgan fingerprint density at radius 2 is 1.85 bits per heavy atom. The molecule has 0 aliphatic heterocycles. The van der Waals surface area contributed by atoms with Crippen molar-refractivity contribution in [1.82, 2.24) is 0 Å². The van der Waals surface area contributed by atoms with Crippen LogP contribution in [0.2, 0.25) is 0 Å². The summed E-state index contributed by atoms with van der Waals surface area (Å²) in [4.78, 5) is 0.861. The quantitative estimate of drug-likeness (QED) is 0.723. The predicted octanol–water partition coefficient (Wildman–Crippen LogP) is 2.96. The topological polar surface area (TPSA) is 17.1 Å². The lowest BCUT2D eigenvalue weighted by molar-refractivity contribution is 0.688. The van der Waals surface area contributed by atoms with Crippen molar-refractivity contribution in [2.75, 3.05) is 0 Å². The number of rotatable bonds is 3. The molecule has 2 heteroatoms. The van der Waals surface area contributed by atoms with Gasteiger partial charge in [0.15, 0.2) is 0 Å². The third-order valence-corrected chi connectivity index (χ3v) is 2.70. The summed E-state index contributed by atoms with van der Waals surface area (Å²) >= 11 is 0. The molecule has 13 heavy (non-hydrogen) atoms. The van der Waals surface area contributed by atoms with Crippen LogP contribution >= 0.6 is 0 Å². The summed E-state index contributed by atoms with van der Waals surface area (Å²) in [5, 5.41) is 1.75. The van der Waals surface area contributed by atoms with Crippen molar-refractivity contribution >= 4 is 10.8 Å². The minimum atomic E-state index is -0.985. The van der Waals surface area contributed by atoms with E-state index in [1.165, 1.54) is 0 Å². The molecule has 0 aromatic heterocycles.